The van der Waals surface area contributed by atoms with Gasteiger partial charge in [-0.05, 0) is 19.9 Å². The second kappa shape index (κ2) is 5.59. The fourth-order valence-electron chi connectivity index (χ4n) is 1.26. The third-order valence-corrected chi connectivity index (χ3v) is 2.69. The summed E-state index contributed by atoms with van der Waals surface area (Å²) in [5.41, 5.74) is -0.631. The first-order valence-electron chi connectivity index (χ1n) is 5.08. The van der Waals surface area contributed by atoms with Gasteiger partial charge in [-0.2, -0.15) is 0 Å². The fraction of sp³-hybridized carbons (Fsp3) is 0.273. The van der Waals surface area contributed by atoms with E-state index in [0.29, 0.717) is 0 Å². The lowest BCUT2D eigenvalue weighted by Gasteiger charge is -2.11. The Morgan fingerprint density at radius 1 is 1.44 bits per heavy atom. The van der Waals surface area contributed by atoms with Crippen LogP contribution in [0.5, 0.6) is 0 Å². The molecule has 1 N–H and O–H groups in total. The molecule has 0 radical (unpaired) electrons. The molecular formula is C11H11ClN2O4. The van der Waals surface area contributed by atoms with Crippen LogP contribution in [0, 0.1) is 10.1 Å². The topological polar surface area (TPSA) is 89.3 Å². The largest absolute Gasteiger partial charge is 0.342 e. The maximum atomic E-state index is 11.9. The first-order chi connectivity index (χ1) is 8.34. The smallest absolute Gasteiger partial charge is 0.283 e. The molecule has 1 amide bonds. The number of Topliss-reactive ketones (excluding diaryl/α,β-unsaturated/α-hetero) is 1. The van der Waals surface area contributed by atoms with Crippen LogP contribution < -0.4 is 5.32 Å². The Bertz CT molecular complexity index is 516. The van der Waals surface area contributed by atoms with Crippen molar-refractivity contribution in [3.8, 4) is 0 Å². The molecule has 18 heavy (non-hydrogen) atoms. The molecule has 1 aromatic rings. The zero-order chi connectivity index (χ0) is 13.9. The molecule has 0 fully saturated rings. The number of ketones is 1. The van der Waals surface area contributed by atoms with Crippen LogP contribution in [-0.2, 0) is 4.79 Å². The van der Waals surface area contributed by atoms with Crippen LogP contribution in [0.3, 0.4) is 0 Å². The molecule has 7 heteroatoms. The first-order valence-corrected chi connectivity index (χ1v) is 5.46. The van der Waals surface area contributed by atoms with E-state index in [-0.39, 0.29) is 16.4 Å². The van der Waals surface area contributed by atoms with Crippen molar-refractivity contribution in [2.75, 3.05) is 0 Å². The zero-order valence-corrected chi connectivity index (χ0v) is 10.5. The van der Waals surface area contributed by atoms with Crippen LogP contribution in [0.25, 0.3) is 0 Å². The van der Waals surface area contributed by atoms with Crippen LogP contribution in [0.2, 0.25) is 5.02 Å². The van der Waals surface area contributed by atoms with E-state index in [9.17, 15) is 19.7 Å². The normalized spacial score (nSPS) is 11.7. The van der Waals surface area contributed by atoms with Crippen molar-refractivity contribution >= 4 is 29.0 Å². The average molecular weight is 271 g/mol. The molecule has 1 unspecified atom stereocenters. The maximum absolute atomic E-state index is 11.9. The Morgan fingerprint density at radius 3 is 2.56 bits per heavy atom. The van der Waals surface area contributed by atoms with Gasteiger partial charge in [-0.1, -0.05) is 17.7 Å². The lowest BCUT2D eigenvalue weighted by atomic mass is 10.1. The molecule has 0 bridgehead atoms. The quantitative estimate of drug-likeness (QED) is 0.669. The van der Waals surface area contributed by atoms with E-state index in [1.165, 1.54) is 32.0 Å². The van der Waals surface area contributed by atoms with Crippen molar-refractivity contribution < 1.29 is 14.5 Å². The van der Waals surface area contributed by atoms with E-state index in [4.69, 9.17) is 11.6 Å². The summed E-state index contributed by atoms with van der Waals surface area (Å²) < 4.78 is 0. The van der Waals surface area contributed by atoms with E-state index >= 15 is 0 Å². The van der Waals surface area contributed by atoms with Gasteiger partial charge in [0.25, 0.3) is 11.6 Å². The summed E-state index contributed by atoms with van der Waals surface area (Å²) in [5, 5.41) is 13.1. The van der Waals surface area contributed by atoms with Gasteiger partial charge >= 0.3 is 0 Å². The number of benzene rings is 1. The molecule has 0 aliphatic heterocycles. The number of nitro groups is 1. The minimum atomic E-state index is -0.741. The Balaban J connectivity index is 3.12. The number of rotatable bonds is 4. The van der Waals surface area contributed by atoms with Crippen molar-refractivity contribution in [2.24, 2.45) is 0 Å². The van der Waals surface area contributed by atoms with Gasteiger partial charge in [0.05, 0.1) is 16.0 Å². The predicted octanol–water partition coefficient (Wildman–Crippen LogP) is 1.96. The molecule has 96 valence electrons. The lowest BCUT2D eigenvalue weighted by molar-refractivity contribution is -0.385. The van der Waals surface area contributed by atoms with E-state index in [0.717, 1.165) is 0 Å². The first kappa shape index (κ1) is 14.1. The number of halogens is 1. The number of hydrogen-bond acceptors (Lipinski definition) is 4. The SMILES string of the molecule is CC(=O)C(C)NC(=O)c1c(Cl)cccc1[N+](=O)[O-]. The van der Waals surface area contributed by atoms with Crippen LogP contribution in [0.1, 0.15) is 24.2 Å². The molecular weight excluding hydrogens is 260 g/mol. The van der Waals surface area contributed by atoms with Crippen LogP contribution in [0.15, 0.2) is 18.2 Å². The van der Waals surface area contributed by atoms with E-state index in [2.05, 4.69) is 5.32 Å². The van der Waals surface area contributed by atoms with Gasteiger partial charge < -0.3 is 5.32 Å². The van der Waals surface area contributed by atoms with E-state index < -0.39 is 22.6 Å². The van der Waals surface area contributed by atoms with Gasteiger partial charge in [-0.15, -0.1) is 0 Å². The molecule has 0 heterocycles. The van der Waals surface area contributed by atoms with Gasteiger partial charge in [0, 0.05) is 6.07 Å². The highest BCUT2D eigenvalue weighted by atomic mass is 35.5. The molecule has 6 nitrogen and oxygen atoms in total. The summed E-state index contributed by atoms with van der Waals surface area (Å²) in [6, 6.07) is 3.21. The Hall–Kier alpha value is -1.95. The monoisotopic (exact) mass is 270 g/mol. The molecule has 0 saturated heterocycles. The molecule has 1 aromatic carbocycles. The summed E-state index contributed by atoms with van der Waals surface area (Å²) in [6.07, 6.45) is 0. The number of nitro benzene ring substituents is 1. The third kappa shape index (κ3) is 3.04. The molecule has 0 saturated carbocycles. The van der Waals surface area contributed by atoms with E-state index in [1.54, 1.807) is 0 Å². The van der Waals surface area contributed by atoms with E-state index in [1.807, 2.05) is 0 Å². The number of carbonyl (C=O) groups excluding carboxylic acids is 2. The molecule has 0 aliphatic carbocycles. The summed E-state index contributed by atoms with van der Waals surface area (Å²) in [7, 11) is 0. The average Bonchev–Trinajstić information content (AvgIpc) is 2.27. The Kier molecular flexibility index (Phi) is 4.38. The van der Waals surface area contributed by atoms with Gasteiger partial charge in [0.15, 0.2) is 5.78 Å². The highest BCUT2D eigenvalue weighted by Crippen LogP contribution is 2.26. The second-order valence-electron chi connectivity index (χ2n) is 3.70. The van der Waals surface area contributed by atoms with Gasteiger partial charge in [0.1, 0.15) is 5.56 Å². The number of amides is 1. The van der Waals surface area contributed by atoms with Crippen LogP contribution >= 0.6 is 11.6 Å². The number of carbonyl (C=O) groups is 2. The minimum Gasteiger partial charge on any atom is -0.342 e. The van der Waals surface area contributed by atoms with Gasteiger partial charge in [-0.25, -0.2) is 0 Å². The zero-order valence-electron chi connectivity index (χ0n) is 9.77. The van der Waals surface area contributed by atoms with Crippen LogP contribution in [-0.4, -0.2) is 22.7 Å². The molecule has 0 aliphatic rings. The number of nitrogens with zero attached hydrogens (tertiary/aromatic N) is 1. The molecule has 1 rings (SSSR count). The summed E-state index contributed by atoms with van der Waals surface area (Å²) >= 11 is 5.78. The second-order valence-corrected chi connectivity index (χ2v) is 4.10. The maximum Gasteiger partial charge on any atom is 0.283 e. The predicted molar refractivity (Wildman–Crippen MR) is 65.7 cm³/mol. The van der Waals surface area contributed by atoms with Crippen molar-refractivity contribution in [2.45, 2.75) is 19.9 Å². The Labute approximate surface area is 108 Å². The van der Waals surface area contributed by atoms with Gasteiger partial charge in [0.2, 0.25) is 0 Å². The van der Waals surface area contributed by atoms with Crippen molar-refractivity contribution in [3.63, 3.8) is 0 Å². The fourth-order valence-corrected chi connectivity index (χ4v) is 1.52. The highest BCUT2D eigenvalue weighted by Gasteiger charge is 2.24. The summed E-state index contributed by atoms with van der Waals surface area (Å²) in [6.45, 7) is 2.80. The Morgan fingerprint density at radius 2 is 2.06 bits per heavy atom. The lowest BCUT2D eigenvalue weighted by Crippen LogP contribution is -2.37. The van der Waals surface area contributed by atoms with Gasteiger partial charge in [-0.3, -0.25) is 19.7 Å². The van der Waals surface area contributed by atoms with Crippen molar-refractivity contribution in [1.82, 2.24) is 5.32 Å². The molecule has 0 spiro atoms. The highest BCUT2D eigenvalue weighted by molar-refractivity contribution is 6.34. The summed E-state index contributed by atoms with van der Waals surface area (Å²) in [4.78, 5) is 33.0. The minimum absolute atomic E-state index is 0.0301. The number of hydrogen-bond donors (Lipinski definition) is 1. The summed E-state index contributed by atoms with van der Waals surface area (Å²) in [5.74, 6) is -0.993. The number of nitrogens with one attached hydrogen (secondary N) is 1. The van der Waals surface area contributed by atoms with Crippen molar-refractivity contribution in [3.05, 3.63) is 38.9 Å². The third-order valence-electron chi connectivity index (χ3n) is 2.37. The molecule has 1 atom stereocenters. The standard InChI is InChI=1S/C11H11ClN2O4/c1-6(7(2)15)13-11(16)10-8(12)4-3-5-9(10)14(17)18/h3-6H,1-2H3,(H,13,16). The van der Waals surface area contributed by atoms with Crippen molar-refractivity contribution in [1.29, 1.82) is 0 Å². The van der Waals surface area contributed by atoms with Crippen LogP contribution in [0.4, 0.5) is 5.69 Å². The molecule has 0 aromatic heterocycles.